The summed E-state index contributed by atoms with van der Waals surface area (Å²) in [5.41, 5.74) is 5.99. The van der Waals surface area contributed by atoms with Gasteiger partial charge in [0.05, 0.1) is 22.8 Å². The van der Waals surface area contributed by atoms with Gasteiger partial charge in [0.2, 0.25) is 0 Å². The molecule has 0 fully saturated rings. The minimum Gasteiger partial charge on any atom is -0.468 e. The molecule has 5 nitrogen and oxygen atoms in total. The van der Waals surface area contributed by atoms with Crippen molar-refractivity contribution in [1.82, 2.24) is 4.98 Å². The van der Waals surface area contributed by atoms with Crippen LogP contribution in [0.1, 0.15) is 20.3 Å². The van der Waals surface area contributed by atoms with E-state index in [1.807, 2.05) is 37.7 Å². The van der Waals surface area contributed by atoms with Crippen molar-refractivity contribution in [3.63, 3.8) is 0 Å². The highest BCUT2D eigenvalue weighted by Crippen LogP contribution is 2.42. The van der Waals surface area contributed by atoms with Gasteiger partial charge in [-0.2, -0.15) is 0 Å². The molecule has 1 aromatic carbocycles. The second-order valence-corrected chi connectivity index (χ2v) is 9.78. The number of methoxy groups -OCH3 is 1. The molecule has 4 rings (SSSR count). The Hall–Kier alpha value is -2.38. The number of benzene rings is 1. The van der Waals surface area contributed by atoms with E-state index in [2.05, 4.69) is 39.6 Å². The van der Waals surface area contributed by atoms with Gasteiger partial charge in [-0.15, -0.1) is 23.1 Å². The van der Waals surface area contributed by atoms with E-state index in [4.69, 9.17) is 4.74 Å². The molecule has 1 unspecified atom stereocenters. The first-order valence-corrected chi connectivity index (χ1v) is 10.7. The average molecular weight is 412 g/mol. The maximum absolute atomic E-state index is 12.0. The standard InChI is InChI=1S/C21H21N3O2S2/c1-21(2,20(25)26-3)28-14-5-6-16-15(11-14)17(8-9-22-16)24-13-4-7-19-18(10-13)23-12-27-19/h4-10,12,15,24H,11H2,1-3H3. The maximum Gasteiger partial charge on any atom is 0.321 e. The highest BCUT2D eigenvalue weighted by molar-refractivity contribution is 8.05. The number of nitrogens with one attached hydrogen (secondary N) is 1. The molecular formula is C21H21N3O2S2. The van der Waals surface area contributed by atoms with Crippen molar-refractivity contribution in [2.75, 3.05) is 12.4 Å². The predicted molar refractivity (Wildman–Crippen MR) is 118 cm³/mol. The topological polar surface area (TPSA) is 63.6 Å². The first-order valence-electron chi connectivity index (χ1n) is 8.99. The van der Waals surface area contributed by atoms with Crippen LogP contribution < -0.4 is 5.32 Å². The van der Waals surface area contributed by atoms with Crippen molar-refractivity contribution in [1.29, 1.82) is 0 Å². The Bertz CT molecular complexity index is 1050. The third kappa shape index (κ3) is 3.77. The lowest BCUT2D eigenvalue weighted by atomic mass is 9.91. The number of hydrogen-bond acceptors (Lipinski definition) is 7. The number of anilines is 1. The molecule has 0 saturated heterocycles. The molecule has 1 N–H and O–H groups in total. The Morgan fingerprint density at radius 1 is 1.32 bits per heavy atom. The zero-order valence-corrected chi connectivity index (χ0v) is 17.6. The van der Waals surface area contributed by atoms with Gasteiger partial charge in [-0.05, 0) is 55.5 Å². The Morgan fingerprint density at radius 2 is 2.18 bits per heavy atom. The van der Waals surface area contributed by atoms with E-state index in [0.717, 1.165) is 33.9 Å². The number of dihydropyridines is 1. The molecular weight excluding hydrogens is 390 g/mol. The van der Waals surface area contributed by atoms with Gasteiger partial charge in [-0.25, -0.2) is 4.98 Å². The smallest absolute Gasteiger partial charge is 0.321 e. The molecule has 1 aromatic heterocycles. The van der Waals surface area contributed by atoms with Crippen molar-refractivity contribution in [3.05, 3.63) is 58.2 Å². The van der Waals surface area contributed by atoms with Crippen molar-refractivity contribution in [2.24, 2.45) is 10.9 Å². The summed E-state index contributed by atoms with van der Waals surface area (Å²) in [5, 5.41) is 3.54. The van der Waals surface area contributed by atoms with Gasteiger partial charge in [0.15, 0.2) is 0 Å². The molecule has 2 heterocycles. The van der Waals surface area contributed by atoms with E-state index in [-0.39, 0.29) is 11.9 Å². The van der Waals surface area contributed by atoms with Crippen LogP contribution in [0.3, 0.4) is 0 Å². The van der Waals surface area contributed by atoms with Crippen LogP contribution in [0.4, 0.5) is 5.69 Å². The van der Waals surface area contributed by atoms with E-state index in [1.54, 1.807) is 23.1 Å². The van der Waals surface area contributed by atoms with Crippen LogP contribution in [-0.2, 0) is 9.53 Å². The van der Waals surface area contributed by atoms with E-state index >= 15 is 0 Å². The minimum absolute atomic E-state index is 0.136. The van der Waals surface area contributed by atoms with Crippen LogP contribution in [0.5, 0.6) is 0 Å². The summed E-state index contributed by atoms with van der Waals surface area (Å²) >= 11 is 3.19. The van der Waals surface area contributed by atoms with E-state index in [0.29, 0.717) is 0 Å². The molecule has 1 atom stereocenters. The number of thioether (sulfide) groups is 1. The molecule has 144 valence electrons. The van der Waals surface area contributed by atoms with Gasteiger partial charge in [-0.1, -0.05) is 6.08 Å². The van der Waals surface area contributed by atoms with Gasteiger partial charge in [0.1, 0.15) is 4.75 Å². The number of fused-ring (bicyclic) bond motifs is 2. The first kappa shape index (κ1) is 19.0. The number of thiazole rings is 1. The normalized spacial score (nSPS) is 18.8. The number of nitrogens with zero attached hydrogens (tertiary/aromatic N) is 2. The molecule has 2 aromatic rings. The third-order valence-corrected chi connectivity index (χ3v) is 6.79. The molecule has 0 spiro atoms. The summed E-state index contributed by atoms with van der Waals surface area (Å²) in [4.78, 5) is 22.1. The fourth-order valence-electron chi connectivity index (χ4n) is 3.31. The van der Waals surface area contributed by atoms with Gasteiger partial charge in [-0.3, -0.25) is 9.79 Å². The summed E-state index contributed by atoms with van der Waals surface area (Å²) in [7, 11) is 1.43. The lowest BCUT2D eigenvalue weighted by molar-refractivity contribution is -0.142. The maximum atomic E-state index is 12.0. The number of rotatable bonds is 5. The molecule has 0 amide bonds. The Morgan fingerprint density at radius 3 is 3.00 bits per heavy atom. The fraction of sp³-hybridized carbons (Fsp3) is 0.286. The molecule has 0 saturated carbocycles. The Labute approximate surface area is 172 Å². The molecule has 28 heavy (non-hydrogen) atoms. The number of aliphatic imine (C=N–C) groups is 1. The fourth-order valence-corrected chi connectivity index (χ4v) is 5.18. The number of aromatic nitrogens is 1. The van der Waals surface area contributed by atoms with Crippen LogP contribution in [0.25, 0.3) is 10.2 Å². The molecule has 2 aliphatic rings. The van der Waals surface area contributed by atoms with Crippen LogP contribution in [0.2, 0.25) is 0 Å². The number of carbonyl (C=O) groups excluding carboxylic acids is 1. The van der Waals surface area contributed by atoms with Crippen molar-refractivity contribution in [2.45, 2.75) is 25.0 Å². The SMILES string of the molecule is COC(=O)C(C)(C)SC1=CC=C2N=CC=C(Nc3ccc4scnc4c3)C2C1. The molecule has 7 heteroatoms. The third-order valence-electron chi connectivity index (χ3n) is 4.74. The number of esters is 1. The van der Waals surface area contributed by atoms with Gasteiger partial charge < -0.3 is 10.1 Å². The summed E-state index contributed by atoms with van der Waals surface area (Å²) in [6.45, 7) is 3.78. The lowest BCUT2D eigenvalue weighted by Crippen LogP contribution is -2.30. The predicted octanol–water partition coefficient (Wildman–Crippen LogP) is 5.15. The molecule has 0 radical (unpaired) electrons. The summed E-state index contributed by atoms with van der Waals surface area (Å²) < 4.78 is 5.48. The zero-order valence-electron chi connectivity index (χ0n) is 15.9. The van der Waals surface area contributed by atoms with Gasteiger partial charge in [0.25, 0.3) is 0 Å². The molecule has 1 aliphatic carbocycles. The average Bonchev–Trinajstić information content (AvgIpc) is 3.15. The van der Waals surface area contributed by atoms with Crippen LogP contribution in [0.15, 0.2) is 63.2 Å². The second kappa shape index (κ2) is 7.56. The van der Waals surface area contributed by atoms with E-state index in [9.17, 15) is 4.79 Å². The highest BCUT2D eigenvalue weighted by Gasteiger charge is 2.33. The van der Waals surface area contributed by atoms with Crippen LogP contribution >= 0.6 is 23.1 Å². The lowest BCUT2D eigenvalue weighted by Gasteiger charge is -2.30. The van der Waals surface area contributed by atoms with Crippen molar-refractivity contribution >= 4 is 51.2 Å². The van der Waals surface area contributed by atoms with Gasteiger partial charge in [0, 0.05) is 29.2 Å². The highest BCUT2D eigenvalue weighted by atomic mass is 32.2. The number of carbonyl (C=O) groups is 1. The molecule has 0 bridgehead atoms. The zero-order chi connectivity index (χ0) is 19.7. The van der Waals surface area contributed by atoms with Gasteiger partial charge >= 0.3 is 5.97 Å². The second-order valence-electron chi connectivity index (χ2n) is 7.15. The van der Waals surface area contributed by atoms with Crippen LogP contribution in [0, 0.1) is 5.92 Å². The Balaban J connectivity index is 1.53. The van der Waals surface area contributed by atoms with E-state index in [1.165, 1.54) is 11.8 Å². The number of hydrogen-bond donors (Lipinski definition) is 1. The summed E-state index contributed by atoms with van der Waals surface area (Å²) in [6, 6.07) is 6.23. The van der Waals surface area contributed by atoms with Crippen molar-refractivity contribution < 1.29 is 9.53 Å². The minimum atomic E-state index is -0.628. The summed E-state index contributed by atoms with van der Waals surface area (Å²) in [6.07, 6.45) is 8.75. The first-order chi connectivity index (χ1) is 13.5. The number of ether oxygens (including phenoxy) is 1. The Kier molecular flexibility index (Phi) is 5.12. The van der Waals surface area contributed by atoms with Crippen molar-refractivity contribution in [3.8, 4) is 0 Å². The monoisotopic (exact) mass is 411 g/mol. The largest absolute Gasteiger partial charge is 0.468 e. The van der Waals surface area contributed by atoms with E-state index < -0.39 is 4.75 Å². The quantitative estimate of drug-likeness (QED) is 0.690. The van der Waals surface area contributed by atoms with Crippen LogP contribution in [-0.4, -0.2) is 29.0 Å². The molecule has 1 aliphatic heterocycles. The number of allylic oxidation sites excluding steroid dienone is 4. The summed E-state index contributed by atoms with van der Waals surface area (Å²) in [5.74, 6) is -0.0858.